The summed E-state index contributed by atoms with van der Waals surface area (Å²) in [5, 5.41) is 13.9. The molecule has 0 bridgehead atoms. The number of nitrogens with zero attached hydrogens (tertiary/aromatic N) is 4. The quantitative estimate of drug-likeness (QED) is 0.398. The lowest BCUT2D eigenvalue weighted by Crippen LogP contribution is -2.47. The second kappa shape index (κ2) is 11.9. The van der Waals surface area contributed by atoms with Crippen molar-refractivity contribution < 1.29 is 32.3 Å². The van der Waals surface area contributed by atoms with Gasteiger partial charge in [-0.1, -0.05) is 12.1 Å². The zero-order chi connectivity index (χ0) is 31.1. The molecule has 2 N–H and O–H groups in total. The Morgan fingerprint density at radius 3 is 2.45 bits per heavy atom. The van der Waals surface area contributed by atoms with E-state index >= 15 is 4.39 Å². The van der Waals surface area contributed by atoms with Gasteiger partial charge in [-0.2, -0.15) is 13.2 Å². The van der Waals surface area contributed by atoms with Crippen molar-refractivity contribution in [2.24, 2.45) is 0 Å². The minimum Gasteiger partial charge on any atom is -0.383 e. The summed E-state index contributed by atoms with van der Waals surface area (Å²) in [6.45, 7) is 1.01. The average Bonchev–Trinajstić information content (AvgIpc) is 3.63. The summed E-state index contributed by atoms with van der Waals surface area (Å²) in [5.41, 5.74) is -1.24. The van der Waals surface area contributed by atoms with E-state index in [4.69, 9.17) is 0 Å². The zero-order valence-corrected chi connectivity index (χ0v) is 23.9. The first-order valence-corrected chi connectivity index (χ1v) is 14.8. The molecule has 0 spiro atoms. The van der Waals surface area contributed by atoms with E-state index in [1.54, 1.807) is 29.4 Å². The van der Waals surface area contributed by atoms with Gasteiger partial charge in [0, 0.05) is 54.7 Å². The molecule has 1 saturated carbocycles. The van der Waals surface area contributed by atoms with Gasteiger partial charge in [-0.15, -0.1) is 0 Å². The molecule has 2 aliphatic heterocycles. The van der Waals surface area contributed by atoms with Crippen LogP contribution >= 0.6 is 0 Å². The number of carbonyl (C=O) groups is 2. The number of carbonyl (C=O) groups excluding carboxylic acids is 2. The molecular formula is C32H33F4N5O3. The lowest BCUT2D eigenvalue weighted by Gasteiger charge is -2.41. The highest BCUT2D eigenvalue weighted by Crippen LogP contribution is 2.42. The average molecular weight is 612 g/mol. The Morgan fingerprint density at radius 1 is 0.977 bits per heavy atom. The number of rotatable bonds is 6. The van der Waals surface area contributed by atoms with E-state index in [1.165, 1.54) is 12.1 Å². The number of aromatic nitrogens is 2. The number of benzene rings is 1. The summed E-state index contributed by atoms with van der Waals surface area (Å²) in [5.74, 6) is -1.56. The Kier molecular flexibility index (Phi) is 8.14. The number of nitrogens with one attached hydrogen (secondary N) is 1. The molecule has 2 aromatic heterocycles. The molecule has 6 rings (SSSR count). The first-order chi connectivity index (χ1) is 21.0. The van der Waals surface area contributed by atoms with Gasteiger partial charge in [-0.05, 0) is 74.9 Å². The summed E-state index contributed by atoms with van der Waals surface area (Å²) in [6.07, 6.45) is 2.18. The smallest absolute Gasteiger partial charge is 0.383 e. The predicted octanol–water partition coefficient (Wildman–Crippen LogP) is 4.54. The predicted molar refractivity (Wildman–Crippen MR) is 153 cm³/mol. The number of halogens is 4. The summed E-state index contributed by atoms with van der Waals surface area (Å²) in [6, 6.07) is 11.1. The monoisotopic (exact) mass is 611 g/mol. The Hall–Kier alpha value is -3.90. The maximum atomic E-state index is 15.2. The fourth-order valence-electron chi connectivity index (χ4n) is 7.08. The van der Waals surface area contributed by atoms with Crippen LogP contribution in [0.15, 0.2) is 60.9 Å². The van der Waals surface area contributed by atoms with Crippen molar-refractivity contribution in [1.29, 1.82) is 0 Å². The zero-order valence-electron chi connectivity index (χ0n) is 23.9. The fourth-order valence-corrected chi connectivity index (χ4v) is 7.08. The van der Waals surface area contributed by atoms with Gasteiger partial charge in [0.05, 0.1) is 17.8 Å². The molecule has 2 saturated heterocycles. The number of aliphatic hydroxyl groups is 1. The largest absolute Gasteiger partial charge is 0.416 e. The van der Waals surface area contributed by atoms with E-state index in [0.29, 0.717) is 43.5 Å². The Morgan fingerprint density at radius 2 is 1.75 bits per heavy atom. The van der Waals surface area contributed by atoms with Gasteiger partial charge in [0.15, 0.2) is 0 Å². The van der Waals surface area contributed by atoms with Crippen LogP contribution in [0.1, 0.15) is 60.1 Å². The van der Waals surface area contributed by atoms with E-state index in [-0.39, 0.29) is 41.8 Å². The molecule has 8 nitrogen and oxygen atoms in total. The molecule has 4 heterocycles. The van der Waals surface area contributed by atoms with Crippen LogP contribution < -0.4 is 5.32 Å². The van der Waals surface area contributed by atoms with Crippen LogP contribution in [0.4, 0.5) is 17.6 Å². The number of fused-ring (bicyclic) bond motifs is 1. The van der Waals surface area contributed by atoms with Crippen LogP contribution in [-0.2, 0) is 16.6 Å². The first kappa shape index (κ1) is 30.1. The van der Waals surface area contributed by atoms with E-state index in [1.807, 2.05) is 6.07 Å². The lowest BCUT2D eigenvalue weighted by atomic mass is 9.79. The van der Waals surface area contributed by atoms with Crippen molar-refractivity contribution in [3.63, 3.8) is 0 Å². The van der Waals surface area contributed by atoms with Gasteiger partial charge < -0.3 is 15.3 Å². The third-order valence-electron chi connectivity index (χ3n) is 9.29. The number of likely N-dealkylation sites (tertiary alicyclic amines) is 2. The van der Waals surface area contributed by atoms with Crippen molar-refractivity contribution in [1.82, 2.24) is 25.1 Å². The second-order valence-electron chi connectivity index (χ2n) is 11.8. The van der Waals surface area contributed by atoms with E-state index in [0.717, 1.165) is 37.6 Å². The van der Waals surface area contributed by atoms with Crippen LogP contribution in [0.3, 0.4) is 0 Å². The first-order valence-electron chi connectivity index (χ1n) is 14.8. The van der Waals surface area contributed by atoms with E-state index in [2.05, 4.69) is 20.2 Å². The highest BCUT2D eigenvalue weighted by atomic mass is 19.4. The van der Waals surface area contributed by atoms with Crippen LogP contribution in [0.2, 0.25) is 0 Å². The van der Waals surface area contributed by atoms with Gasteiger partial charge in [0.25, 0.3) is 5.91 Å². The topological polar surface area (TPSA) is 98.7 Å². The van der Waals surface area contributed by atoms with E-state index in [9.17, 15) is 27.9 Å². The van der Waals surface area contributed by atoms with Crippen LogP contribution in [0.5, 0.6) is 0 Å². The summed E-state index contributed by atoms with van der Waals surface area (Å²) in [4.78, 5) is 38.2. The minimum atomic E-state index is -4.57. The Bertz CT molecular complexity index is 1530. The number of hydrogen-bond donors (Lipinski definition) is 2. The van der Waals surface area contributed by atoms with Gasteiger partial charge in [0.2, 0.25) is 5.91 Å². The Labute approximate surface area is 252 Å². The lowest BCUT2D eigenvalue weighted by molar-refractivity contribution is -0.137. The van der Waals surface area contributed by atoms with Gasteiger partial charge >= 0.3 is 6.18 Å². The third-order valence-corrected chi connectivity index (χ3v) is 9.29. The molecule has 12 heteroatoms. The van der Waals surface area contributed by atoms with E-state index < -0.39 is 29.1 Å². The standard InChI is InChI=1S/C32H33F4N5O3/c33-24-17-21(25-6-1-2-13-37-25)18-38-29(24)31(44)11-7-23(8-12-31)40-14-9-27-26(40)10-15-41(27)28(42)19-39-30(43)20-4-3-5-22(16-20)32(34,35)36/h1-6,13,16-18,23,26-27,44H,7-12,14-15,19H2,(H,39,43)/t23?,26-,27-,31?/m0/s1. The number of pyridine rings is 2. The summed E-state index contributed by atoms with van der Waals surface area (Å²) in [7, 11) is 0. The van der Waals surface area contributed by atoms with Crippen LogP contribution in [-0.4, -0.2) is 74.4 Å². The number of alkyl halides is 3. The number of hydrogen-bond acceptors (Lipinski definition) is 6. The van der Waals surface area contributed by atoms with Crippen LogP contribution in [0.25, 0.3) is 11.3 Å². The van der Waals surface area contributed by atoms with Crippen molar-refractivity contribution in [3.05, 3.63) is 83.6 Å². The third kappa shape index (κ3) is 5.92. The highest BCUT2D eigenvalue weighted by molar-refractivity contribution is 5.96. The molecule has 232 valence electrons. The fraction of sp³-hybridized carbons (Fsp3) is 0.438. The number of amides is 2. The summed E-state index contributed by atoms with van der Waals surface area (Å²) < 4.78 is 54.2. The molecule has 44 heavy (non-hydrogen) atoms. The molecule has 3 aromatic rings. The molecular weight excluding hydrogens is 578 g/mol. The maximum Gasteiger partial charge on any atom is 0.416 e. The highest BCUT2D eigenvalue weighted by Gasteiger charge is 2.48. The SMILES string of the molecule is O=C(NCC(=O)N1CC[C@H]2[C@@H]1CCN2C1CCC(O)(c2ncc(-c3ccccn3)cc2F)CC1)c1cccc(C(F)(F)F)c1. The Balaban J connectivity index is 1.03. The summed E-state index contributed by atoms with van der Waals surface area (Å²) >= 11 is 0. The van der Waals surface area contributed by atoms with Crippen molar-refractivity contribution in [2.45, 2.75) is 68.4 Å². The maximum absolute atomic E-state index is 15.2. The molecule has 2 atom stereocenters. The molecule has 2 amide bonds. The van der Waals surface area contributed by atoms with Gasteiger partial charge in [-0.3, -0.25) is 24.5 Å². The van der Waals surface area contributed by atoms with Crippen LogP contribution in [0, 0.1) is 5.82 Å². The molecule has 0 radical (unpaired) electrons. The molecule has 3 aliphatic rings. The molecule has 3 fully saturated rings. The van der Waals surface area contributed by atoms with Gasteiger partial charge in [-0.25, -0.2) is 4.39 Å². The second-order valence-corrected chi connectivity index (χ2v) is 11.8. The van der Waals surface area contributed by atoms with Crippen molar-refractivity contribution in [3.8, 4) is 11.3 Å². The molecule has 1 aromatic carbocycles. The molecule has 1 aliphatic carbocycles. The minimum absolute atomic E-state index is 0.0213. The molecule has 0 unspecified atom stereocenters. The van der Waals surface area contributed by atoms with Gasteiger partial charge in [0.1, 0.15) is 17.1 Å². The van der Waals surface area contributed by atoms with Crippen molar-refractivity contribution >= 4 is 11.8 Å². The normalized spacial score (nSPS) is 25.6. The van der Waals surface area contributed by atoms with Crippen molar-refractivity contribution in [2.75, 3.05) is 19.6 Å².